The zero-order valence-electron chi connectivity index (χ0n) is 12.2. The van der Waals surface area contributed by atoms with E-state index in [1.54, 1.807) is 19.1 Å². The van der Waals surface area contributed by atoms with Gasteiger partial charge in [0, 0.05) is 6.54 Å². The molecule has 0 aromatic heterocycles. The lowest BCUT2D eigenvalue weighted by Gasteiger charge is -2.14. The third-order valence-corrected chi connectivity index (χ3v) is 3.22. The van der Waals surface area contributed by atoms with Crippen molar-refractivity contribution in [3.63, 3.8) is 0 Å². The molecule has 2 amide bonds. The van der Waals surface area contributed by atoms with Gasteiger partial charge in [0.05, 0.1) is 6.04 Å². The van der Waals surface area contributed by atoms with Gasteiger partial charge in [-0.3, -0.25) is 9.59 Å². The third-order valence-electron chi connectivity index (χ3n) is 3.22. The predicted octanol–water partition coefficient (Wildman–Crippen LogP) is 2.32. The molecule has 114 valence electrons. The van der Waals surface area contributed by atoms with Crippen molar-refractivity contribution in [3.05, 3.63) is 71.5 Å². The van der Waals surface area contributed by atoms with E-state index in [1.165, 1.54) is 12.1 Å². The number of carbonyl (C=O) groups excluding carboxylic acids is 2. The Morgan fingerprint density at radius 3 is 2.27 bits per heavy atom. The van der Waals surface area contributed by atoms with Crippen LogP contribution in [0.15, 0.2) is 54.6 Å². The zero-order valence-corrected chi connectivity index (χ0v) is 12.2. The number of rotatable bonds is 4. The van der Waals surface area contributed by atoms with E-state index in [-0.39, 0.29) is 18.4 Å². The van der Waals surface area contributed by atoms with Gasteiger partial charge < -0.3 is 10.6 Å². The van der Waals surface area contributed by atoms with Crippen LogP contribution in [0.25, 0.3) is 0 Å². The van der Waals surface area contributed by atoms with Crippen LogP contribution in [0.1, 0.15) is 24.1 Å². The number of amides is 2. The van der Waals surface area contributed by atoms with Gasteiger partial charge in [-0.15, -0.1) is 0 Å². The lowest BCUT2D eigenvalue weighted by molar-refractivity contribution is -0.139. The van der Waals surface area contributed by atoms with E-state index in [4.69, 9.17) is 0 Å². The molecule has 0 spiro atoms. The minimum absolute atomic E-state index is 0.290. The number of halogens is 1. The fourth-order valence-corrected chi connectivity index (χ4v) is 1.96. The maximum absolute atomic E-state index is 12.9. The Morgan fingerprint density at radius 2 is 1.64 bits per heavy atom. The molecule has 4 nitrogen and oxygen atoms in total. The highest BCUT2D eigenvalue weighted by molar-refractivity contribution is 6.35. The van der Waals surface area contributed by atoms with Crippen LogP contribution < -0.4 is 10.6 Å². The van der Waals surface area contributed by atoms with Crippen molar-refractivity contribution < 1.29 is 14.0 Å². The van der Waals surface area contributed by atoms with Crippen LogP contribution in [0.2, 0.25) is 0 Å². The highest BCUT2D eigenvalue weighted by Crippen LogP contribution is 2.12. The highest BCUT2D eigenvalue weighted by Gasteiger charge is 2.16. The molecular formula is C17H17FN2O2. The quantitative estimate of drug-likeness (QED) is 0.851. The van der Waals surface area contributed by atoms with Crippen LogP contribution in [0.3, 0.4) is 0 Å². The number of hydrogen-bond acceptors (Lipinski definition) is 2. The van der Waals surface area contributed by atoms with Crippen molar-refractivity contribution in [1.29, 1.82) is 0 Å². The SMILES string of the molecule is C[C@H](NC(=O)C(=O)NCc1ccccc1)c1ccc(F)cc1. The van der Waals surface area contributed by atoms with Gasteiger partial charge in [0.2, 0.25) is 0 Å². The second kappa shape index (κ2) is 7.36. The lowest BCUT2D eigenvalue weighted by atomic mass is 10.1. The Labute approximate surface area is 128 Å². The molecule has 5 heteroatoms. The second-order valence-corrected chi connectivity index (χ2v) is 4.91. The molecule has 2 rings (SSSR count). The minimum atomic E-state index is -0.715. The van der Waals surface area contributed by atoms with Crippen molar-refractivity contribution in [3.8, 4) is 0 Å². The van der Waals surface area contributed by atoms with E-state index in [1.807, 2.05) is 30.3 Å². The Kier molecular flexibility index (Phi) is 5.25. The Hall–Kier alpha value is -2.69. The summed E-state index contributed by atoms with van der Waals surface area (Å²) in [5.41, 5.74) is 1.64. The molecule has 2 N–H and O–H groups in total. The monoisotopic (exact) mass is 300 g/mol. The molecule has 0 fully saturated rings. The van der Waals surface area contributed by atoms with E-state index >= 15 is 0 Å². The molecule has 0 heterocycles. The van der Waals surface area contributed by atoms with Crippen molar-refractivity contribution in [2.45, 2.75) is 19.5 Å². The average molecular weight is 300 g/mol. The fraction of sp³-hybridized carbons (Fsp3) is 0.176. The average Bonchev–Trinajstić information content (AvgIpc) is 2.54. The number of benzene rings is 2. The summed E-state index contributed by atoms with van der Waals surface area (Å²) in [4.78, 5) is 23.6. The summed E-state index contributed by atoms with van der Waals surface area (Å²) in [6, 6.07) is 14.7. The van der Waals surface area contributed by atoms with Gasteiger partial charge in [0.15, 0.2) is 0 Å². The summed E-state index contributed by atoms with van der Waals surface area (Å²) < 4.78 is 12.9. The van der Waals surface area contributed by atoms with Crippen LogP contribution in [0.5, 0.6) is 0 Å². The summed E-state index contributed by atoms with van der Waals surface area (Å²) in [5, 5.41) is 5.13. The Bertz CT molecular complexity index is 641. The van der Waals surface area contributed by atoms with Crippen LogP contribution in [0.4, 0.5) is 4.39 Å². The molecule has 0 unspecified atom stereocenters. The number of carbonyl (C=O) groups is 2. The summed E-state index contributed by atoms with van der Waals surface area (Å²) in [6.45, 7) is 2.02. The summed E-state index contributed by atoms with van der Waals surface area (Å²) >= 11 is 0. The van der Waals surface area contributed by atoms with Gasteiger partial charge in [-0.1, -0.05) is 42.5 Å². The molecule has 0 aliphatic heterocycles. The van der Waals surface area contributed by atoms with Crippen LogP contribution in [-0.2, 0) is 16.1 Å². The zero-order chi connectivity index (χ0) is 15.9. The van der Waals surface area contributed by atoms with Gasteiger partial charge in [-0.05, 0) is 30.2 Å². The molecule has 0 saturated carbocycles. The molecule has 2 aromatic rings. The molecule has 0 saturated heterocycles. The Balaban J connectivity index is 1.85. The first-order valence-corrected chi connectivity index (χ1v) is 6.94. The van der Waals surface area contributed by atoms with Gasteiger partial charge in [-0.2, -0.15) is 0 Å². The van der Waals surface area contributed by atoms with Gasteiger partial charge in [0.25, 0.3) is 0 Å². The summed E-state index contributed by atoms with van der Waals surface area (Å²) in [7, 11) is 0. The van der Waals surface area contributed by atoms with Crippen molar-refractivity contribution in [2.75, 3.05) is 0 Å². The first-order valence-electron chi connectivity index (χ1n) is 6.94. The van der Waals surface area contributed by atoms with Gasteiger partial charge in [-0.25, -0.2) is 4.39 Å². The first kappa shape index (κ1) is 15.7. The second-order valence-electron chi connectivity index (χ2n) is 4.91. The van der Waals surface area contributed by atoms with Crippen molar-refractivity contribution in [1.82, 2.24) is 10.6 Å². The molecule has 0 aliphatic carbocycles. The highest BCUT2D eigenvalue weighted by atomic mass is 19.1. The normalized spacial score (nSPS) is 11.5. The maximum Gasteiger partial charge on any atom is 0.309 e. The number of hydrogen-bond donors (Lipinski definition) is 2. The largest absolute Gasteiger partial charge is 0.344 e. The fourth-order valence-electron chi connectivity index (χ4n) is 1.96. The van der Waals surface area contributed by atoms with E-state index < -0.39 is 11.8 Å². The van der Waals surface area contributed by atoms with Crippen LogP contribution >= 0.6 is 0 Å². The van der Waals surface area contributed by atoms with Crippen LogP contribution in [-0.4, -0.2) is 11.8 Å². The molecule has 0 bridgehead atoms. The smallest absolute Gasteiger partial charge is 0.309 e. The van der Waals surface area contributed by atoms with E-state index in [0.29, 0.717) is 0 Å². The third kappa shape index (κ3) is 4.41. The molecule has 22 heavy (non-hydrogen) atoms. The molecule has 0 radical (unpaired) electrons. The summed E-state index contributed by atoms with van der Waals surface area (Å²) in [5.74, 6) is -1.76. The molecule has 1 atom stereocenters. The predicted molar refractivity (Wildman–Crippen MR) is 81.2 cm³/mol. The first-order chi connectivity index (χ1) is 10.6. The van der Waals surface area contributed by atoms with Crippen molar-refractivity contribution >= 4 is 11.8 Å². The molecule has 2 aromatic carbocycles. The lowest BCUT2D eigenvalue weighted by Crippen LogP contribution is -2.40. The molecule has 0 aliphatic rings. The summed E-state index contributed by atoms with van der Waals surface area (Å²) in [6.07, 6.45) is 0. The van der Waals surface area contributed by atoms with E-state index in [2.05, 4.69) is 10.6 Å². The van der Waals surface area contributed by atoms with Crippen LogP contribution in [0, 0.1) is 5.82 Å². The minimum Gasteiger partial charge on any atom is -0.344 e. The Morgan fingerprint density at radius 1 is 1.00 bits per heavy atom. The topological polar surface area (TPSA) is 58.2 Å². The van der Waals surface area contributed by atoms with E-state index in [0.717, 1.165) is 11.1 Å². The van der Waals surface area contributed by atoms with Gasteiger partial charge >= 0.3 is 11.8 Å². The number of nitrogens with one attached hydrogen (secondary N) is 2. The maximum atomic E-state index is 12.9. The van der Waals surface area contributed by atoms with Gasteiger partial charge in [0.1, 0.15) is 5.82 Å². The van der Waals surface area contributed by atoms with E-state index in [9.17, 15) is 14.0 Å². The molecular weight excluding hydrogens is 283 g/mol. The standard InChI is InChI=1S/C17H17FN2O2/c1-12(14-7-9-15(18)10-8-14)20-17(22)16(21)19-11-13-5-3-2-4-6-13/h2-10,12H,11H2,1H3,(H,19,21)(H,20,22)/t12-/m0/s1. The van der Waals surface area contributed by atoms with Crippen molar-refractivity contribution in [2.24, 2.45) is 0 Å².